The number of aryl methyl sites for hydroxylation is 1. The van der Waals surface area contributed by atoms with Crippen LogP contribution in [-0.2, 0) is 0 Å². The second kappa shape index (κ2) is 6.63. The van der Waals surface area contributed by atoms with Gasteiger partial charge in [0, 0.05) is 41.8 Å². The van der Waals surface area contributed by atoms with Crippen molar-refractivity contribution in [1.29, 1.82) is 0 Å². The molecule has 0 radical (unpaired) electrons. The van der Waals surface area contributed by atoms with Gasteiger partial charge in [0.2, 0.25) is 0 Å². The molecule has 6 nitrogen and oxygen atoms in total. The average molecular weight is 393 g/mol. The number of anilines is 2. The van der Waals surface area contributed by atoms with Crippen molar-refractivity contribution in [1.82, 2.24) is 20.2 Å². The molecule has 0 spiro atoms. The summed E-state index contributed by atoms with van der Waals surface area (Å²) in [7, 11) is 0. The van der Waals surface area contributed by atoms with Crippen LogP contribution in [0.2, 0.25) is 5.02 Å². The number of aromatic nitrogens is 3. The number of nitrogens with one attached hydrogen (secondary N) is 1. The van der Waals surface area contributed by atoms with Crippen LogP contribution in [0.25, 0.3) is 5.69 Å². The number of benzene rings is 2. The summed E-state index contributed by atoms with van der Waals surface area (Å²) in [5.41, 5.74) is 7.66. The van der Waals surface area contributed by atoms with Gasteiger partial charge < -0.3 is 10.3 Å². The minimum Gasteiger partial charge on any atom is -0.339 e. The van der Waals surface area contributed by atoms with Crippen molar-refractivity contribution >= 4 is 29.2 Å². The lowest BCUT2D eigenvalue weighted by atomic mass is 9.99. The molecule has 3 aromatic rings. The molecule has 142 valence electrons. The Morgan fingerprint density at radius 1 is 1.07 bits per heavy atom. The normalized spacial score (nSPS) is 20.5. The maximum Gasteiger partial charge on any atom is 0.142 e. The van der Waals surface area contributed by atoms with E-state index in [9.17, 15) is 0 Å². The minimum absolute atomic E-state index is 0.224. The van der Waals surface area contributed by atoms with Crippen LogP contribution in [0.5, 0.6) is 0 Å². The van der Waals surface area contributed by atoms with Gasteiger partial charge in [-0.1, -0.05) is 24.6 Å². The molecule has 0 saturated heterocycles. The number of hydrazone groups is 1. The van der Waals surface area contributed by atoms with E-state index in [4.69, 9.17) is 11.6 Å². The van der Waals surface area contributed by atoms with Gasteiger partial charge in [0.05, 0.1) is 11.4 Å². The lowest BCUT2D eigenvalue weighted by molar-refractivity contribution is 0.695. The molecule has 7 heteroatoms. The molecule has 1 N–H and O–H groups in total. The lowest BCUT2D eigenvalue weighted by Gasteiger charge is -2.27. The molecule has 0 amide bonds. The van der Waals surface area contributed by atoms with Crippen molar-refractivity contribution in [3.63, 3.8) is 0 Å². The summed E-state index contributed by atoms with van der Waals surface area (Å²) in [4.78, 5) is 2.35. The van der Waals surface area contributed by atoms with Crippen molar-refractivity contribution in [2.24, 2.45) is 5.10 Å². The van der Waals surface area contributed by atoms with E-state index in [1.807, 2.05) is 25.3 Å². The summed E-state index contributed by atoms with van der Waals surface area (Å²) in [5.74, 6) is 2.40. The summed E-state index contributed by atoms with van der Waals surface area (Å²) < 4.78 is 2.18. The molecule has 2 aliphatic rings. The Hall–Kier alpha value is -2.86. The fourth-order valence-corrected chi connectivity index (χ4v) is 4.17. The first-order chi connectivity index (χ1) is 13.6. The van der Waals surface area contributed by atoms with Crippen LogP contribution in [0.1, 0.15) is 36.0 Å². The van der Waals surface area contributed by atoms with Gasteiger partial charge in [0.1, 0.15) is 11.6 Å². The molecule has 0 bridgehead atoms. The molecule has 0 aliphatic carbocycles. The van der Waals surface area contributed by atoms with Gasteiger partial charge in [-0.25, -0.2) is 0 Å². The smallest absolute Gasteiger partial charge is 0.142 e. The van der Waals surface area contributed by atoms with E-state index in [0.29, 0.717) is 0 Å². The van der Waals surface area contributed by atoms with E-state index in [1.54, 1.807) is 0 Å². The summed E-state index contributed by atoms with van der Waals surface area (Å²) in [6, 6.07) is 14.7. The van der Waals surface area contributed by atoms with Gasteiger partial charge in [-0.05, 0) is 48.9 Å². The van der Waals surface area contributed by atoms with Crippen LogP contribution < -0.4 is 10.3 Å². The van der Waals surface area contributed by atoms with Crippen LogP contribution in [-0.4, -0.2) is 34.1 Å². The molecule has 2 aliphatic heterocycles. The zero-order chi connectivity index (χ0) is 19.3. The highest BCUT2D eigenvalue weighted by Crippen LogP contribution is 2.39. The fraction of sp³-hybridized carbons (Fsp3) is 0.286. The van der Waals surface area contributed by atoms with Gasteiger partial charge in [-0.3, -0.25) is 4.57 Å². The summed E-state index contributed by atoms with van der Waals surface area (Å²) >= 11 is 6.14. The first kappa shape index (κ1) is 17.3. The molecule has 3 heterocycles. The highest BCUT2D eigenvalue weighted by atomic mass is 35.5. The van der Waals surface area contributed by atoms with E-state index >= 15 is 0 Å². The zero-order valence-electron chi connectivity index (χ0n) is 15.8. The van der Waals surface area contributed by atoms with E-state index in [1.165, 1.54) is 5.56 Å². The maximum atomic E-state index is 6.14. The van der Waals surface area contributed by atoms with Crippen molar-refractivity contribution in [2.75, 3.05) is 18.0 Å². The number of hydrogen-bond donors (Lipinski definition) is 1. The van der Waals surface area contributed by atoms with Crippen LogP contribution in [0, 0.1) is 6.92 Å². The topological polar surface area (TPSA) is 58.3 Å². The minimum atomic E-state index is 0.224. The molecular weight excluding hydrogens is 372 g/mol. The van der Waals surface area contributed by atoms with Crippen LogP contribution in [0.4, 0.5) is 11.4 Å². The third kappa shape index (κ3) is 2.76. The predicted octanol–water partition coefficient (Wildman–Crippen LogP) is 4.16. The first-order valence-corrected chi connectivity index (χ1v) is 9.85. The van der Waals surface area contributed by atoms with Gasteiger partial charge in [-0.2, -0.15) is 5.10 Å². The van der Waals surface area contributed by atoms with Gasteiger partial charge >= 0.3 is 0 Å². The molecule has 28 heavy (non-hydrogen) atoms. The largest absolute Gasteiger partial charge is 0.339 e. The molecule has 2 aromatic carbocycles. The second-order valence-electron chi connectivity index (χ2n) is 7.42. The fourth-order valence-electron chi connectivity index (χ4n) is 4.04. The van der Waals surface area contributed by atoms with E-state index < -0.39 is 0 Å². The van der Waals surface area contributed by atoms with Crippen LogP contribution in [0.3, 0.4) is 0 Å². The predicted molar refractivity (Wildman–Crippen MR) is 112 cm³/mol. The Morgan fingerprint density at radius 2 is 1.89 bits per heavy atom. The highest BCUT2D eigenvalue weighted by molar-refractivity contribution is 6.30. The van der Waals surface area contributed by atoms with Crippen LogP contribution in [0.15, 0.2) is 47.6 Å². The SMILES string of the molecule is Cc1nnc2n1-c1ccc(C3C=NNC3)cc1N(c1ccc(Cl)cc1)C[C@H]2C. The van der Waals surface area contributed by atoms with E-state index in [0.717, 1.165) is 46.8 Å². The monoisotopic (exact) mass is 392 g/mol. The Morgan fingerprint density at radius 3 is 2.64 bits per heavy atom. The molecule has 5 rings (SSSR count). The summed E-state index contributed by atoms with van der Waals surface area (Å²) in [5, 5.41) is 13.7. The summed E-state index contributed by atoms with van der Waals surface area (Å²) in [6.45, 7) is 5.84. The second-order valence-corrected chi connectivity index (χ2v) is 7.86. The maximum absolute atomic E-state index is 6.14. The molecule has 1 unspecified atom stereocenters. The Labute approximate surface area is 168 Å². The van der Waals surface area contributed by atoms with Gasteiger partial charge in [0.25, 0.3) is 0 Å². The Kier molecular flexibility index (Phi) is 4.09. The average Bonchev–Trinajstić information content (AvgIpc) is 3.34. The number of halogens is 1. The first-order valence-electron chi connectivity index (χ1n) is 9.47. The summed E-state index contributed by atoms with van der Waals surface area (Å²) in [6.07, 6.45) is 1.98. The number of nitrogens with zero attached hydrogens (tertiary/aromatic N) is 5. The molecule has 2 atom stereocenters. The highest BCUT2D eigenvalue weighted by Gasteiger charge is 2.29. The Balaban J connectivity index is 1.71. The third-order valence-corrected chi connectivity index (χ3v) is 5.75. The molecule has 0 fully saturated rings. The number of rotatable bonds is 2. The Bertz CT molecular complexity index is 1060. The van der Waals surface area contributed by atoms with Crippen molar-refractivity contribution in [3.8, 4) is 5.69 Å². The van der Waals surface area contributed by atoms with Crippen LogP contribution >= 0.6 is 11.6 Å². The standard InChI is InChI=1S/C21H21ClN6/c1-13-12-27(18-6-4-17(22)5-7-18)20-9-15(16-10-23-24-11-16)3-8-19(20)28-14(2)25-26-21(13)28/h3-10,13,16,24H,11-12H2,1-2H3/t13-,16?/m1/s1. The van der Waals surface area contributed by atoms with Gasteiger partial charge in [-0.15, -0.1) is 10.2 Å². The van der Waals surface area contributed by atoms with Crippen molar-refractivity contribution < 1.29 is 0 Å². The van der Waals surface area contributed by atoms with E-state index in [-0.39, 0.29) is 11.8 Å². The van der Waals surface area contributed by atoms with Crippen molar-refractivity contribution in [3.05, 3.63) is 64.7 Å². The zero-order valence-corrected chi connectivity index (χ0v) is 16.6. The number of fused-ring (bicyclic) bond motifs is 3. The van der Waals surface area contributed by atoms with Gasteiger partial charge in [0.15, 0.2) is 0 Å². The quantitative estimate of drug-likeness (QED) is 0.711. The number of hydrogen-bond acceptors (Lipinski definition) is 5. The van der Waals surface area contributed by atoms with E-state index in [2.05, 4.69) is 67.4 Å². The third-order valence-electron chi connectivity index (χ3n) is 5.50. The molecular formula is C21H21ClN6. The van der Waals surface area contributed by atoms with Crippen molar-refractivity contribution in [2.45, 2.75) is 25.7 Å². The lowest BCUT2D eigenvalue weighted by Crippen LogP contribution is -2.22. The molecule has 1 aromatic heterocycles. The molecule has 0 saturated carbocycles.